The molecule has 3 rings (SSSR count). The molecule has 1 aliphatic carbocycles. The molecule has 1 heterocycles. The quantitative estimate of drug-likeness (QED) is 0.841. The van der Waals surface area contributed by atoms with Crippen molar-refractivity contribution in [2.45, 2.75) is 64.0 Å². The van der Waals surface area contributed by atoms with Crippen LogP contribution in [-0.2, 0) is 0 Å². The van der Waals surface area contributed by atoms with E-state index < -0.39 is 0 Å². The zero-order valence-electron chi connectivity index (χ0n) is 13.0. The summed E-state index contributed by atoms with van der Waals surface area (Å²) in [7, 11) is 0. The number of hydrogen-bond donors (Lipinski definition) is 2. The smallest absolute Gasteiger partial charge is 0.0426 e. The number of anilines is 1. The molecule has 1 aliphatic heterocycles. The van der Waals surface area contributed by atoms with Crippen LogP contribution in [0.2, 0.25) is 5.02 Å². The van der Waals surface area contributed by atoms with Crippen molar-refractivity contribution < 1.29 is 0 Å². The van der Waals surface area contributed by atoms with Gasteiger partial charge in [-0.1, -0.05) is 36.9 Å². The van der Waals surface area contributed by atoms with E-state index >= 15 is 0 Å². The van der Waals surface area contributed by atoms with Crippen molar-refractivity contribution in [3.63, 3.8) is 0 Å². The molecule has 3 heteroatoms. The summed E-state index contributed by atoms with van der Waals surface area (Å²) in [6.07, 6.45) is 9.45. The number of nitrogens with one attached hydrogen (secondary N) is 2. The minimum atomic E-state index is 0.589. The summed E-state index contributed by atoms with van der Waals surface area (Å²) in [5.41, 5.74) is 2.51. The molecule has 21 heavy (non-hydrogen) atoms. The predicted molar refractivity (Wildman–Crippen MR) is 91.2 cm³/mol. The van der Waals surface area contributed by atoms with Crippen LogP contribution in [0.1, 0.15) is 50.5 Å². The van der Waals surface area contributed by atoms with Gasteiger partial charge in [-0.05, 0) is 62.8 Å². The predicted octanol–water partition coefficient (Wildman–Crippen LogP) is 4.76. The third-order valence-electron chi connectivity index (χ3n) is 5.23. The second-order valence-corrected chi connectivity index (χ2v) is 7.15. The first kappa shape index (κ1) is 15.2. The van der Waals surface area contributed by atoms with Crippen LogP contribution >= 0.6 is 11.6 Å². The summed E-state index contributed by atoms with van der Waals surface area (Å²) in [6.45, 7) is 3.36. The maximum absolute atomic E-state index is 6.17. The van der Waals surface area contributed by atoms with Gasteiger partial charge in [0.25, 0.3) is 0 Å². The maximum atomic E-state index is 6.17. The Hall–Kier alpha value is -0.730. The minimum absolute atomic E-state index is 0.589. The molecule has 2 aliphatic rings. The third kappa shape index (κ3) is 3.73. The fraction of sp³-hybridized carbons (Fsp3) is 0.667. The molecular weight excluding hydrogens is 280 g/mol. The Balaban J connectivity index is 1.73. The van der Waals surface area contributed by atoms with Gasteiger partial charge < -0.3 is 10.6 Å². The van der Waals surface area contributed by atoms with Crippen molar-refractivity contribution in [1.29, 1.82) is 0 Å². The number of piperidine rings is 1. The molecule has 3 unspecified atom stereocenters. The Morgan fingerprint density at radius 1 is 1.10 bits per heavy atom. The molecule has 2 nitrogen and oxygen atoms in total. The Morgan fingerprint density at radius 3 is 2.71 bits per heavy atom. The summed E-state index contributed by atoms with van der Waals surface area (Å²) in [6, 6.07) is 7.46. The maximum Gasteiger partial charge on any atom is 0.0426 e. The van der Waals surface area contributed by atoms with Crippen molar-refractivity contribution in [2.75, 3.05) is 11.9 Å². The van der Waals surface area contributed by atoms with E-state index in [1.165, 1.54) is 62.7 Å². The summed E-state index contributed by atoms with van der Waals surface area (Å²) < 4.78 is 0. The van der Waals surface area contributed by atoms with E-state index in [1.54, 1.807) is 0 Å². The van der Waals surface area contributed by atoms with Gasteiger partial charge in [-0.3, -0.25) is 0 Å². The molecule has 1 saturated heterocycles. The van der Waals surface area contributed by atoms with Crippen LogP contribution in [0.15, 0.2) is 18.2 Å². The van der Waals surface area contributed by atoms with Gasteiger partial charge in [-0.15, -0.1) is 0 Å². The van der Waals surface area contributed by atoms with Gasteiger partial charge in [0.1, 0.15) is 0 Å². The third-order valence-corrected chi connectivity index (χ3v) is 5.46. The van der Waals surface area contributed by atoms with Crippen LogP contribution in [0.25, 0.3) is 0 Å². The van der Waals surface area contributed by atoms with E-state index in [0.29, 0.717) is 12.1 Å². The second kappa shape index (κ2) is 7.02. The number of halogens is 1. The zero-order chi connectivity index (χ0) is 14.7. The molecule has 0 bridgehead atoms. The standard InChI is InChI=1S/C18H27ClN2/c1-13-9-10-14(19)12-18(13)21-17-8-3-2-6-15(17)16-7-4-5-11-20-16/h9-10,12,15-17,20-21H,2-8,11H2,1H3. The van der Waals surface area contributed by atoms with Gasteiger partial charge in [0.15, 0.2) is 0 Å². The molecule has 1 aromatic rings. The van der Waals surface area contributed by atoms with Gasteiger partial charge >= 0.3 is 0 Å². The molecule has 0 radical (unpaired) electrons. The Labute approximate surface area is 133 Å². The SMILES string of the molecule is Cc1ccc(Cl)cc1NC1CCCCC1C1CCCCN1. The Bertz CT molecular complexity index is 468. The van der Waals surface area contributed by atoms with E-state index in [9.17, 15) is 0 Å². The molecular formula is C18H27ClN2. The van der Waals surface area contributed by atoms with Crippen LogP contribution in [-0.4, -0.2) is 18.6 Å². The molecule has 0 spiro atoms. The summed E-state index contributed by atoms with van der Waals surface area (Å²) in [4.78, 5) is 0. The van der Waals surface area contributed by atoms with Gasteiger partial charge in [-0.25, -0.2) is 0 Å². The number of aryl methyl sites for hydroxylation is 1. The molecule has 3 atom stereocenters. The average Bonchev–Trinajstić information content (AvgIpc) is 2.52. The molecule has 0 amide bonds. The first-order valence-corrected chi connectivity index (χ1v) is 8.88. The average molecular weight is 307 g/mol. The highest BCUT2D eigenvalue weighted by atomic mass is 35.5. The lowest BCUT2D eigenvalue weighted by Gasteiger charge is -2.40. The topological polar surface area (TPSA) is 24.1 Å². The van der Waals surface area contributed by atoms with E-state index in [1.807, 2.05) is 6.07 Å². The highest BCUT2D eigenvalue weighted by Gasteiger charge is 2.32. The first-order valence-electron chi connectivity index (χ1n) is 8.50. The zero-order valence-corrected chi connectivity index (χ0v) is 13.8. The number of hydrogen-bond acceptors (Lipinski definition) is 2. The lowest BCUT2D eigenvalue weighted by molar-refractivity contribution is 0.217. The van der Waals surface area contributed by atoms with Crippen LogP contribution in [0.3, 0.4) is 0 Å². The monoisotopic (exact) mass is 306 g/mol. The van der Waals surface area contributed by atoms with E-state index in [2.05, 4.69) is 29.7 Å². The molecule has 116 valence electrons. The van der Waals surface area contributed by atoms with Crippen molar-refractivity contribution >= 4 is 17.3 Å². The van der Waals surface area contributed by atoms with Crippen LogP contribution in [0.5, 0.6) is 0 Å². The lowest BCUT2D eigenvalue weighted by atomic mass is 9.77. The van der Waals surface area contributed by atoms with Gasteiger partial charge in [0.2, 0.25) is 0 Å². The van der Waals surface area contributed by atoms with E-state index in [4.69, 9.17) is 11.6 Å². The summed E-state index contributed by atoms with van der Waals surface area (Å²) >= 11 is 6.17. The second-order valence-electron chi connectivity index (χ2n) is 6.71. The number of benzene rings is 1. The highest BCUT2D eigenvalue weighted by Crippen LogP contribution is 2.33. The van der Waals surface area contributed by atoms with E-state index in [0.717, 1.165) is 10.9 Å². The number of rotatable bonds is 3. The summed E-state index contributed by atoms with van der Waals surface area (Å²) in [5, 5.41) is 8.40. The van der Waals surface area contributed by atoms with Crippen LogP contribution in [0, 0.1) is 12.8 Å². The fourth-order valence-corrected chi connectivity index (χ4v) is 4.19. The van der Waals surface area contributed by atoms with Gasteiger partial charge in [-0.2, -0.15) is 0 Å². The molecule has 0 aromatic heterocycles. The van der Waals surface area contributed by atoms with Crippen molar-refractivity contribution in [3.05, 3.63) is 28.8 Å². The molecule has 2 N–H and O–H groups in total. The van der Waals surface area contributed by atoms with Crippen molar-refractivity contribution in [1.82, 2.24) is 5.32 Å². The van der Waals surface area contributed by atoms with Crippen molar-refractivity contribution in [3.8, 4) is 0 Å². The lowest BCUT2D eigenvalue weighted by Crippen LogP contribution is -2.48. The normalized spacial score (nSPS) is 30.1. The first-order chi connectivity index (χ1) is 10.2. The van der Waals surface area contributed by atoms with Gasteiger partial charge in [0.05, 0.1) is 0 Å². The minimum Gasteiger partial charge on any atom is -0.382 e. The Kier molecular flexibility index (Phi) is 5.07. The molecule has 2 fully saturated rings. The van der Waals surface area contributed by atoms with Gasteiger partial charge in [0, 0.05) is 22.8 Å². The van der Waals surface area contributed by atoms with Crippen LogP contribution in [0.4, 0.5) is 5.69 Å². The van der Waals surface area contributed by atoms with Crippen molar-refractivity contribution in [2.24, 2.45) is 5.92 Å². The highest BCUT2D eigenvalue weighted by molar-refractivity contribution is 6.30. The molecule has 1 saturated carbocycles. The van der Waals surface area contributed by atoms with Crippen LogP contribution < -0.4 is 10.6 Å². The fourth-order valence-electron chi connectivity index (χ4n) is 4.01. The van der Waals surface area contributed by atoms with E-state index in [-0.39, 0.29) is 0 Å². The molecule has 1 aromatic carbocycles. The Morgan fingerprint density at radius 2 is 1.90 bits per heavy atom. The summed E-state index contributed by atoms with van der Waals surface area (Å²) in [5.74, 6) is 0.762. The largest absolute Gasteiger partial charge is 0.382 e.